The van der Waals surface area contributed by atoms with Crippen molar-refractivity contribution in [2.45, 2.75) is 0 Å². The van der Waals surface area contributed by atoms with Crippen molar-refractivity contribution >= 4 is 43.7 Å². The fourth-order valence-corrected chi connectivity index (χ4v) is 2.86. The summed E-state index contributed by atoms with van der Waals surface area (Å²) in [5.41, 5.74) is 3.39. The number of nitrogen functional groups attached to an aromatic ring is 1. The van der Waals surface area contributed by atoms with Crippen molar-refractivity contribution in [3.8, 4) is 11.5 Å². The van der Waals surface area contributed by atoms with Crippen LogP contribution in [0.3, 0.4) is 0 Å². The number of fused-ring (bicyclic) bond motifs is 1. The third-order valence-electron chi connectivity index (χ3n) is 3.31. The molecule has 0 bridgehead atoms. The maximum absolute atomic E-state index is 11.1. The van der Waals surface area contributed by atoms with E-state index in [0.717, 1.165) is 21.1 Å². The third-order valence-corrected chi connectivity index (χ3v) is 4.18. The molecule has 146 valence electrons. The fourth-order valence-electron chi connectivity index (χ4n) is 2.05. The Morgan fingerprint density at radius 1 is 1.00 bits per heavy atom. The highest BCUT2D eigenvalue weighted by Gasteiger charge is 2.24. The predicted octanol–water partition coefficient (Wildman–Crippen LogP) is 1.79. The van der Waals surface area contributed by atoms with E-state index in [-0.39, 0.29) is 0 Å². The van der Waals surface area contributed by atoms with Gasteiger partial charge in [-0.3, -0.25) is 36.1 Å². The summed E-state index contributed by atoms with van der Waals surface area (Å²) in [5.74, 6) is -0.599. The Bertz CT molecular complexity index is 1050. The molecule has 3 aromatic rings. The lowest BCUT2D eigenvalue weighted by Gasteiger charge is -2.06. The number of rotatable bonds is 4. The van der Waals surface area contributed by atoms with E-state index in [0.29, 0.717) is 12.1 Å². The second-order valence-electron chi connectivity index (χ2n) is 5.04. The van der Waals surface area contributed by atoms with E-state index in [2.05, 4.69) is 4.98 Å². The molecular weight excluding hydrogens is 398 g/mol. The van der Waals surface area contributed by atoms with Gasteiger partial charge in [-0.2, -0.15) is 0 Å². The molecule has 0 aliphatic carbocycles. The number of thiazole rings is 1. The van der Waals surface area contributed by atoms with Crippen molar-refractivity contribution in [2.24, 2.45) is 0 Å². The van der Waals surface area contributed by atoms with Crippen LogP contribution in [0.15, 0.2) is 30.3 Å². The van der Waals surface area contributed by atoms with E-state index < -0.39 is 37.6 Å². The number of hydrogen-bond donors (Lipinski definition) is 1. The monoisotopic (exact) mass is 409 g/mol. The van der Waals surface area contributed by atoms with E-state index in [4.69, 9.17) is 10.5 Å². The summed E-state index contributed by atoms with van der Waals surface area (Å²) in [7, 11) is 1.65. The smallest absolute Gasteiger partial charge is 0.330 e. The van der Waals surface area contributed by atoms with E-state index in [9.17, 15) is 35.4 Å². The third kappa shape index (κ3) is 4.36. The number of nitro groups is 3. The van der Waals surface area contributed by atoms with Gasteiger partial charge in [0.2, 0.25) is 0 Å². The number of benzene rings is 2. The van der Waals surface area contributed by atoms with Crippen LogP contribution in [0.2, 0.25) is 0 Å². The number of aromatic nitrogens is 1. The van der Waals surface area contributed by atoms with Crippen molar-refractivity contribution < 1.29 is 29.6 Å². The van der Waals surface area contributed by atoms with Crippen LogP contribution < -0.4 is 20.6 Å². The highest BCUT2D eigenvalue weighted by molar-refractivity contribution is 7.21. The fraction of sp³-hybridized carbons (Fsp3) is 0.0714. The van der Waals surface area contributed by atoms with Gasteiger partial charge < -0.3 is 9.84 Å². The first-order valence-electron chi connectivity index (χ1n) is 7.17. The Hall–Kier alpha value is -4.07. The van der Waals surface area contributed by atoms with Crippen LogP contribution in [0.5, 0.6) is 11.5 Å². The van der Waals surface area contributed by atoms with Crippen molar-refractivity contribution in [2.75, 3.05) is 12.8 Å². The number of non-ortho nitro benzene ring substituents is 1. The first-order chi connectivity index (χ1) is 13.1. The van der Waals surface area contributed by atoms with E-state index >= 15 is 0 Å². The molecule has 1 aromatic heterocycles. The van der Waals surface area contributed by atoms with Gasteiger partial charge in [0.15, 0.2) is 0 Å². The van der Waals surface area contributed by atoms with Gasteiger partial charge in [-0.25, -0.2) is 4.98 Å². The highest BCUT2D eigenvalue weighted by atomic mass is 32.1. The van der Waals surface area contributed by atoms with Crippen LogP contribution in [0.1, 0.15) is 0 Å². The summed E-state index contributed by atoms with van der Waals surface area (Å²) in [6.07, 6.45) is 0. The SMILES string of the molecule is COc1ccc2[nH+]c(N)sc2c1.O=[N+]([O-])c1cc([N+](=O)[O-])c([O-])c([N+](=O)[O-])c1. The summed E-state index contributed by atoms with van der Waals surface area (Å²) in [6.45, 7) is 0. The molecule has 28 heavy (non-hydrogen) atoms. The molecule has 0 saturated carbocycles. The number of nitrogens with one attached hydrogen (secondary N) is 1. The molecule has 1 heterocycles. The molecule has 0 unspecified atom stereocenters. The maximum atomic E-state index is 11.1. The number of hydrogen-bond acceptors (Lipinski definition) is 10. The van der Waals surface area contributed by atoms with Crippen LogP contribution >= 0.6 is 11.3 Å². The molecule has 13 nitrogen and oxygen atoms in total. The summed E-state index contributed by atoms with van der Waals surface area (Å²) >= 11 is 1.52. The minimum Gasteiger partial charge on any atom is -0.863 e. The van der Waals surface area contributed by atoms with Gasteiger partial charge in [0, 0.05) is 6.07 Å². The average Bonchev–Trinajstić information content (AvgIpc) is 3.00. The lowest BCUT2D eigenvalue weighted by atomic mass is 10.2. The van der Waals surface area contributed by atoms with Crippen LogP contribution in [-0.2, 0) is 0 Å². The Morgan fingerprint density at radius 3 is 2.04 bits per heavy atom. The van der Waals surface area contributed by atoms with E-state index in [1.54, 1.807) is 7.11 Å². The molecule has 0 atom stereocenters. The minimum atomic E-state index is -1.46. The minimum absolute atomic E-state index is 0.384. The molecule has 0 spiro atoms. The van der Waals surface area contributed by atoms with Crippen molar-refractivity contribution in [3.05, 3.63) is 60.7 Å². The summed E-state index contributed by atoms with van der Waals surface area (Å²) in [6, 6.07) is 6.60. The Labute approximate surface area is 159 Å². The Morgan fingerprint density at radius 2 is 1.57 bits per heavy atom. The second-order valence-corrected chi connectivity index (χ2v) is 6.12. The van der Waals surface area contributed by atoms with Crippen molar-refractivity contribution in [1.29, 1.82) is 0 Å². The number of ether oxygens (including phenoxy) is 1. The quantitative estimate of drug-likeness (QED) is 0.492. The Balaban J connectivity index is 0.000000207. The maximum Gasteiger partial charge on any atom is 0.330 e. The largest absolute Gasteiger partial charge is 0.863 e. The predicted molar refractivity (Wildman–Crippen MR) is 95.2 cm³/mol. The zero-order valence-corrected chi connectivity index (χ0v) is 14.8. The normalized spacial score (nSPS) is 10.0. The summed E-state index contributed by atoms with van der Waals surface area (Å²) in [5, 5.41) is 42.8. The van der Waals surface area contributed by atoms with Crippen molar-refractivity contribution in [1.82, 2.24) is 0 Å². The van der Waals surface area contributed by atoms with Gasteiger partial charge >= 0.3 is 5.13 Å². The molecule has 3 rings (SSSR count). The van der Waals surface area contributed by atoms with Gasteiger partial charge in [-0.15, -0.1) is 0 Å². The number of methoxy groups -OCH3 is 1. The summed E-state index contributed by atoms with van der Waals surface area (Å²) in [4.78, 5) is 30.6. The number of aromatic amines is 1. The van der Waals surface area contributed by atoms with Crippen LogP contribution in [0, 0.1) is 30.3 Å². The summed E-state index contributed by atoms with van der Waals surface area (Å²) < 4.78 is 6.20. The van der Waals surface area contributed by atoms with Crippen LogP contribution in [0.25, 0.3) is 10.2 Å². The average molecular weight is 409 g/mol. The molecular formula is C14H11N5O8S. The first-order valence-corrected chi connectivity index (χ1v) is 7.99. The number of anilines is 1. The Kier molecular flexibility index (Phi) is 5.85. The van der Waals surface area contributed by atoms with Gasteiger partial charge in [-0.05, 0) is 23.5 Å². The van der Waals surface area contributed by atoms with E-state index in [1.165, 1.54) is 11.3 Å². The van der Waals surface area contributed by atoms with Gasteiger partial charge in [0.1, 0.15) is 11.3 Å². The highest BCUT2D eigenvalue weighted by Crippen LogP contribution is 2.36. The zero-order chi connectivity index (χ0) is 21.0. The molecule has 0 radical (unpaired) electrons. The molecule has 0 amide bonds. The second kappa shape index (κ2) is 8.09. The molecule has 0 saturated heterocycles. The number of nitrogens with zero attached hydrogens (tertiary/aromatic N) is 3. The van der Waals surface area contributed by atoms with Crippen LogP contribution in [0.4, 0.5) is 22.2 Å². The van der Waals surface area contributed by atoms with E-state index in [1.807, 2.05) is 18.2 Å². The number of H-pyrrole nitrogens is 1. The van der Waals surface area contributed by atoms with Crippen LogP contribution in [-0.4, -0.2) is 21.9 Å². The van der Waals surface area contributed by atoms with Gasteiger partial charge in [0.25, 0.3) is 17.1 Å². The standard InChI is InChI=1S/C8H8N2OS.C6H3N3O7/c1-11-5-2-3-6-7(4-5)12-8(9)10-6;10-6-4(8(13)14)1-3(7(11)12)2-5(6)9(15)16/h2-4H,1H3,(H2,9,10);1-2,10H. The lowest BCUT2D eigenvalue weighted by Crippen LogP contribution is -2.04. The lowest BCUT2D eigenvalue weighted by molar-refractivity contribution is -0.420. The zero-order valence-electron chi connectivity index (χ0n) is 14.0. The number of nitro benzene ring substituents is 3. The molecule has 14 heteroatoms. The molecule has 2 aromatic carbocycles. The van der Waals surface area contributed by atoms with Gasteiger partial charge in [-0.1, -0.05) is 0 Å². The van der Waals surface area contributed by atoms with Crippen molar-refractivity contribution in [3.63, 3.8) is 0 Å². The molecule has 3 N–H and O–H groups in total. The molecule has 0 fully saturated rings. The topological polar surface area (TPSA) is 202 Å². The number of nitrogens with two attached hydrogens (primary N) is 1. The molecule has 0 aliphatic rings. The first kappa shape index (κ1) is 20.2. The van der Waals surface area contributed by atoms with Gasteiger partial charge in [0.05, 0.1) is 44.5 Å². The molecule has 0 aliphatic heterocycles.